The number of piperidine rings is 1. The number of carbonyl (C=O) groups is 2. The summed E-state index contributed by atoms with van der Waals surface area (Å²) in [5, 5.41) is 16.0. The smallest absolute Gasteiger partial charge is 0.225 e. The Labute approximate surface area is 165 Å². The zero-order chi connectivity index (χ0) is 18.7. The number of nitrogens with one attached hydrogen (secondary N) is 2. The minimum atomic E-state index is -0.428. The third-order valence-corrected chi connectivity index (χ3v) is 5.50. The maximum atomic E-state index is 12.8. The van der Waals surface area contributed by atoms with Crippen LogP contribution in [0.1, 0.15) is 24.4 Å². The lowest BCUT2D eigenvalue weighted by atomic mass is 9.84. The van der Waals surface area contributed by atoms with Gasteiger partial charge in [-0.15, -0.1) is 12.4 Å². The SMILES string of the molecule is COc1ccc(C2C(C(=O)NCC3CNCC3O)CCC(=O)N2C)cc1.Cl. The molecule has 1 aromatic rings. The number of β-amino-alcohol motifs (C(OH)–C–C–N with tert-alkyl or cyclic N) is 1. The van der Waals surface area contributed by atoms with Crippen molar-refractivity contribution < 1.29 is 19.4 Å². The molecule has 2 heterocycles. The molecule has 4 unspecified atom stereocenters. The third-order valence-electron chi connectivity index (χ3n) is 5.50. The molecule has 2 aliphatic heterocycles. The first-order valence-corrected chi connectivity index (χ1v) is 9.07. The van der Waals surface area contributed by atoms with E-state index in [4.69, 9.17) is 4.74 Å². The average Bonchev–Trinajstić information content (AvgIpc) is 3.07. The maximum Gasteiger partial charge on any atom is 0.225 e. The number of methoxy groups -OCH3 is 1. The average molecular weight is 398 g/mol. The number of carbonyl (C=O) groups excluding carboxylic acids is 2. The number of benzene rings is 1. The summed E-state index contributed by atoms with van der Waals surface area (Å²) in [4.78, 5) is 26.7. The summed E-state index contributed by atoms with van der Waals surface area (Å²) in [6.45, 7) is 1.71. The van der Waals surface area contributed by atoms with E-state index in [1.165, 1.54) is 0 Å². The van der Waals surface area contributed by atoms with Crippen LogP contribution in [-0.4, -0.2) is 61.7 Å². The van der Waals surface area contributed by atoms with Gasteiger partial charge < -0.3 is 25.4 Å². The summed E-state index contributed by atoms with van der Waals surface area (Å²) >= 11 is 0. The Hall–Kier alpha value is -1.83. The van der Waals surface area contributed by atoms with Gasteiger partial charge in [0.1, 0.15) is 5.75 Å². The van der Waals surface area contributed by atoms with Crippen LogP contribution in [0.4, 0.5) is 0 Å². The third kappa shape index (κ3) is 4.72. The van der Waals surface area contributed by atoms with Crippen LogP contribution >= 0.6 is 12.4 Å². The number of aliphatic hydroxyl groups excluding tert-OH is 1. The van der Waals surface area contributed by atoms with Crippen molar-refractivity contribution >= 4 is 24.2 Å². The molecule has 150 valence electrons. The van der Waals surface area contributed by atoms with E-state index in [2.05, 4.69) is 10.6 Å². The van der Waals surface area contributed by atoms with Crippen molar-refractivity contribution in [3.63, 3.8) is 0 Å². The maximum absolute atomic E-state index is 12.8. The molecule has 2 saturated heterocycles. The number of aliphatic hydroxyl groups is 1. The fraction of sp³-hybridized carbons (Fsp3) is 0.579. The van der Waals surface area contributed by atoms with E-state index < -0.39 is 6.10 Å². The van der Waals surface area contributed by atoms with Crippen LogP contribution < -0.4 is 15.4 Å². The van der Waals surface area contributed by atoms with Crippen molar-refractivity contribution in [1.29, 1.82) is 0 Å². The van der Waals surface area contributed by atoms with Gasteiger partial charge in [-0.3, -0.25) is 9.59 Å². The molecular formula is C19H28ClN3O4. The van der Waals surface area contributed by atoms with Crippen LogP contribution in [0.5, 0.6) is 5.75 Å². The van der Waals surface area contributed by atoms with Gasteiger partial charge in [0, 0.05) is 39.0 Å². The zero-order valence-corrected chi connectivity index (χ0v) is 16.5. The van der Waals surface area contributed by atoms with E-state index in [-0.39, 0.29) is 42.1 Å². The van der Waals surface area contributed by atoms with E-state index in [1.807, 2.05) is 24.3 Å². The number of hydrogen-bond acceptors (Lipinski definition) is 5. The highest BCUT2D eigenvalue weighted by Gasteiger charge is 2.39. The zero-order valence-electron chi connectivity index (χ0n) is 15.7. The normalized spacial score (nSPS) is 27.8. The van der Waals surface area contributed by atoms with E-state index >= 15 is 0 Å². The summed E-state index contributed by atoms with van der Waals surface area (Å²) in [5.41, 5.74) is 0.920. The van der Waals surface area contributed by atoms with Crippen LogP contribution in [0.15, 0.2) is 24.3 Å². The van der Waals surface area contributed by atoms with Gasteiger partial charge in [0.15, 0.2) is 0 Å². The monoisotopic (exact) mass is 397 g/mol. The molecule has 0 saturated carbocycles. The number of likely N-dealkylation sites (tertiary alicyclic amines) is 1. The first kappa shape index (κ1) is 21.5. The number of halogens is 1. The Kier molecular flexibility index (Phi) is 7.47. The summed E-state index contributed by atoms with van der Waals surface area (Å²) in [6, 6.07) is 7.21. The predicted octanol–water partition coefficient (Wildman–Crippen LogP) is 0.723. The Balaban J connectivity index is 0.00000261. The first-order chi connectivity index (χ1) is 12.5. The van der Waals surface area contributed by atoms with Crippen LogP contribution in [0.2, 0.25) is 0 Å². The highest BCUT2D eigenvalue weighted by Crippen LogP contribution is 2.36. The first-order valence-electron chi connectivity index (χ1n) is 9.07. The summed E-state index contributed by atoms with van der Waals surface area (Å²) in [7, 11) is 3.36. The van der Waals surface area contributed by atoms with E-state index in [1.54, 1.807) is 19.1 Å². The molecule has 8 heteroatoms. The van der Waals surface area contributed by atoms with Gasteiger partial charge in [0.2, 0.25) is 11.8 Å². The molecule has 2 amide bonds. The molecule has 2 aliphatic rings. The van der Waals surface area contributed by atoms with Gasteiger partial charge in [-0.1, -0.05) is 12.1 Å². The molecule has 7 nitrogen and oxygen atoms in total. The van der Waals surface area contributed by atoms with Crippen molar-refractivity contribution in [2.75, 3.05) is 33.8 Å². The molecule has 0 aromatic heterocycles. The quantitative estimate of drug-likeness (QED) is 0.681. The fourth-order valence-electron chi connectivity index (χ4n) is 3.86. The van der Waals surface area contributed by atoms with Gasteiger partial charge in [-0.05, 0) is 24.1 Å². The fourth-order valence-corrected chi connectivity index (χ4v) is 3.86. The molecule has 1 aromatic carbocycles. The molecule has 0 bridgehead atoms. The van der Waals surface area contributed by atoms with Crippen molar-refractivity contribution in [1.82, 2.24) is 15.5 Å². The molecule has 27 heavy (non-hydrogen) atoms. The minimum Gasteiger partial charge on any atom is -0.497 e. The van der Waals surface area contributed by atoms with Gasteiger partial charge in [-0.2, -0.15) is 0 Å². The minimum absolute atomic E-state index is 0. The molecule has 2 fully saturated rings. The van der Waals surface area contributed by atoms with Gasteiger partial charge in [0.25, 0.3) is 0 Å². The molecule has 0 spiro atoms. The highest BCUT2D eigenvalue weighted by molar-refractivity contribution is 5.85. The van der Waals surface area contributed by atoms with Crippen molar-refractivity contribution in [3.05, 3.63) is 29.8 Å². The highest BCUT2D eigenvalue weighted by atomic mass is 35.5. The van der Waals surface area contributed by atoms with E-state index in [0.29, 0.717) is 32.5 Å². The molecule has 0 radical (unpaired) electrons. The molecule has 4 atom stereocenters. The van der Waals surface area contributed by atoms with Gasteiger partial charge in [-0.25, -0.2) is 0 Å². The number of hydrogen-bond donors (Lipinski definition) is 3. The number of nitrogens with zero attached hydrogens (tertiary/aromatic N) is 1. The Bertz CT molecular complexity index is 655. The Morgan fingerprint density at radius 3 is 2.63 bits per heavy atom. The lowest BCUT2D eigenvalue weighted by molar-refractivity contribution is -0.141. The Morgan fingerprint density at radius 2 is 2.04 bits per heavy atom. The molecule has 0 aliphatic carbocycles. The van der Waals surface area contributed by atoms with Crippen molar-refractivity contribution in [2.24, 2.45) is 11.8 Å². The van der Waals surface area contributed by atoms with Crippen molar-refractivity contribution in [3.8, 4) is 5.75 Å². The second-order valence-corrected chi connectivity index (χ2v) is 7.10. The summed E-state index contributed by atoms with van der Waals surface area (Å²) in [5.74, 6) is 0.441. The van der Waals surface area contributed by atoms with Crippen LogP contribution in [0, 0.1) is 11.8 Å². The summed E-state index contributed by atoms with van der Waals surface area (Å²) in [6.07, 6.45) is 0.467. The number of ether oxygens (including phenoxy) is 1. The lowest BCUT2D eigenvalue weighted by Crippen LogP contribution is -2.47. The lowest BCUT2D eigenvalue weighted by Gasteiger charge is -2.38. The van der Waals surface area contributed by atoms with Crippen LogP contribution in [-0.2, 0) is 9.59 Å². The second kappa shape index (κ2) is 9.39. The molecule has 3 N–H and O–H groups in total. The standard InChI is InChI=1S/C19H27N3O4.ClH/c1-22-17(24)8-7-15(18(22)12-3-5-14(26-2)6-4-12)19(25)21-10-13-9-20-11-16(13)23;/h3-6,13,15-16,18,20,23H,7-11H2,1-2H3,(H,21,25);1H. The largest absolute Gasteiger partial charge is 0.497 e. The van der Waals surface area contributed by atoms with Gasteiger partial charge in [0.05, 0.1) is 25.2 Å². The van der Waals surface area contributed by atoms with E-state index in [9.17, 15) is 14.7 Å². The topological polar surface area (TPSA) is 90.9 Å². The molecule has 3 rings (SSSR count). The predicted molar refractivity (Wildman–Crippen MR) is 104 cm³/mol. The Morgan fingerprint density at radius 1 is 1.33 bits per heavy atom. The van der Waals surface area contributed by atoms with Crippen LogP contribution in [0.3, 0.4) is 0 Å². The molecular weight excluding hydrogens is 370 g/mol. The number of amides is 2. The number of rotatable bonds is 5. The van der Waals surface area contributed by atoms with Crippen LogP contribution in [0.25, 0.3) is 0 Å². The van der Waals surface area contributed by atoms with Crippen molar-refractivity contribution in [2.45, 2.75) is 25.0 Å². The van der Waals surface area contributed by atoms with Gasteiger partial charge >= 0.3 is 0 Å². The van der Waals surface area contributed by atoms with E-state index in [0.717, 1.165) is 11.3 Å². The second-order valence-electron chi connectivity index (χ2n) is 7.10. The summed E-state index contributed by atoms with van der Waals surface area (Å²) < 4.78 is 5.19.